The number of benzene rings is 3. The van der Waals surface area contributed by atoms with Crippen LogP contribution in [0.5, 0.6) is 0 Å². The predicted octanol–water partition coefficient (Wildman–Crippen LogP) is 6.32. The summed E-state index contributed by atoms with van der Waals surface area (Å²) in [5.74, 6) is 0.744. The summed E-state index contributed by atoms with van der Waals surface area (Å²) < 4.78 is 6.54. The van der Waals surface area contributed by atoms with Crippen molar-refractivity contribution < 1.29 is 4.74 Å². The lowest BCUT2D eigenvalue weighted by molar-refractivity contribution is 0.0612. The van der Waals surface area contributed by atoms with Crippen LogP contribution in [0.2, 0.25) is 0 Å². The van der Waals surface area contributed by atoms with Crippen molar-refractivity contribution >= 4 is 6.08 Å². The Hall–Kier alpha value is -2.64. The summed E-state index contributed by atoms with van der Waals surface area (Å²) in [7, 11) is 0. The van der Waals surface area contributed by atoms with Gasteiger partial charge in [0.05, 0.1) is 12.2 Å². The van der Waals surface area contributed by atoms with Gasteiger partial charge in [-0.2, -0.15) is 0 Å². The molecule has 128 valence electrons. The molecule has 1 heteroatoms. The molecule has 0 unspecified atom stereocenters. The van der Waals surface area contributed by atoms with E-state index in [1.165, 1.54) is 27.8 Å². The Balaban J connectivity index is 1.62. The fourth-order valence-corrected chi connectivity index (χ4v) is 4.75. The molecule has 2 bridgehead atoms. The van der Waals surface area contributed by atoms with E-state index < -0.39 is 0 Å². The maximum atomic E-state index is 6.54. The molecule has 0 saturated carbocycles. The molecule has 2 aliphatic heterocycles. The van der Waals surface area contributed by atoms with Gasteiger partial charge in [0.25, 0.3) is 0 Å². The molecule has 1 fully saturated rings. The standard InChI is InChI=1S/C25H22O/c1-17(16-18-10-4-2-5-11-18)22-23(19-12-6-3-7-13-19)25-21-15-9-8-14-20(21)24(22)26-25/h2-16,22-25H,1H3/b17-16+/t22-,23+,24+,25-/m1/s1. The second-order valence-corrected chi connectivity index (χ2v) is 7.37. The molecule has 2 heterocycles. The third kappa shape index (κ3) is 2.43. The zero-order valence-electron chi connectivity index (χ0n) is 14.9. The maximum Gasteiger partial charge on any atom is 0.0912 e. The molecule has 0 amide bonds. The van der Waals surface area contributed by atoms with Crippen molar-refractivity contribution in [1.29, 1.82) is 0 Å². The third-order valence-corrected chi connectivity index (χ3v) is 5.85. The Kier molecular flexibility index (Phi) is 3.76. The molecule has 2 aliphatic rings. The average Bonchev–Trinajstić information content (AvgIpc) is 3.27. The highest BCUT2D eigenvalue weighted by molar-refractivity contribution is 5.55. The predicted molar refractivity (Wildman–Crippen MR) is 106 cm³/mol. The van der Waals surface area contributed by atoms with Crippen LogP contribution in [0.3, 0.4) is 0 Å². The van der Waals surface area contributed by atoms with Gasteiger partial charge in [0.2, 0.25) is 0 Å². The monoisotopic (exact) mass is 338 g/mol. The Morgan fingerprint density at radius 1 is 0.731 bits per heavy atom. The van der Waals surface area contributed by atoms with Crippen LogP contribution in [-0.4, -0.2) is 0 Å². The fourth-order valence-electron chi connectivity index (χ4n) is 4.75. The van der Waals surface area contributed by atoms with Gasteiger partial charge in [0.1, 0.15) is 0 Å². The molecule has 3 aromatic carbocycles. The van der Waals surface area contributed by atoms with Crippen LogP contribution in [-0.2, 0) is 4.74 Å². The molecule has 0 aromatic heterocycles. The van der Waals surface area contributed by atoms with E-state index in [4.69, 9.17) is 4.74 Å². The van der Waals surface area contributed by atoms with Gasteiger partial charge >= 0.3 is 0 Å². The molecule has 1 saturated heterocycles. The first-order chi connectivity index (χ1) is 12.8. The average molecular weight is 338 g/mol. The van der Waals surface area contributed by atoms with Gasteiger partial charge in [-0.05, 0) is 29.2 Å². The molecular formula is C25H22O. The zero-order chi connectivity index (χ0) is 17.5. The first-order valence-corrected chi connectivity index (χ1v) is 9.35. The van der Waals surface area contributed by atoms with Gasteiger partial charge in [0.15, 0.2) is 0 Å². The second-order valence-electron chi connectivity index (χ2n) is 7.37. The SMILES string of the molecule is C/C(=C\c1ccccc1)[C@@H]1[C@H](c2ccccc2)[C@@H]2O[C@H]1c1ccccc12. The van der Waals surface area contributed by atoms with Gasteiger partial charge in [-0.15, -0.1) is 0 Å². The number of ether oxygens (including phenoxy) is 1. The van der Waals surface area contributed by atoms with Gasteiger partial charge < -0.3 is 4.74 Å². The van der Waals surface area contributed by atoms with Crippen LogP contribution < -0.4 is 0 Å². The Morgan fingerprint density at radius 3 is 2.00 bits per heavy atom. The van der Waals surface area contributed by atoms with Gasteiger partial charge in [-0.3, -0.25) is 0 Å². The van der Waals surface area contributed by atoms with Crippen molar-refractivity contribution in [2.75, 3.05) is 0 Å². The Labute approximate surface area is 155 Å². The number of hydrogen-bond donors (Lipinski definition) is 0. The maximum absolute atomic E-state index is 6.54. The van der Waals surface area contributed by atoms with Gasteiger partial charge in [-0.1, -0.05) is 96.6 Å². The molecule has 5 rings (SSSR count). The molecule has 26 heavy (non-hydrogen) atoms. The van der Waals surface area contributed by atoms with E-state index in [-0.39, 0.29) is 12.2 Å². The summed E-state index contributed by atoms with van der Waals surface area (Å²) in [6.45, 7) is 2.26. The first-order valence-electron chi connectivity index (χ1n) is 9.35. The smallest absolute Gasteiger partial charge is 0.0912 e. The van der Waals surface area contributed by atoms with Crippen molar-refractivity contribution in [3.05, 3.63) is 113 Å². The van der Waals surface area contributed by atoms with Crippen molar-refractivity contribution in [3.8, 4) is 0 Å². The van der Waals surface area contributed by atoms with Crippen LogP contribution in [0.15, 0.2) is 90.5 Å². The van der Waals surface area contributed by atoms with Crippen LogP contribution >= 0.6 is 0 Å². The lowest BCUT2D eigenvalue weighted by atomic mass is 9.70. The minimum atomic E-state index is 0.154. The van der Waals surface area contributed by atoms with Crippen molar-refractivity contribution in [2.45, 2.75) is 25.0 Å². The van der Waals surface area contributed by atoms with Crippen LogP contribution in [0.4, 0.5) is 0 Å². The summed E-state index contributed by atoms with van der Waals surface area (Å²) in [5, 5.41) is 0. The van der Waals surface area contributed by atoms with Crippen molar-refractivity contribution in [1.82, 2.24) is 0 Å². The third-order valence-electron chi connectivity index (χ3n) is 5.85. The normalized spacial score (nSPS) is 26.7. The zero-order valence-corrected chi connectivity index (χ0v) is 14.9. The van der Waals surface area contributed by atoms with E-state index in [0.717, 1.165) is 0 Å². The number of fused-ring (bicyclic) bond motifs is 5. The van der Waals surface area contributed by atoms with Gasteiger partial charge in [0, 0.05) is 11.8 Å². The van der Waals surface area contributed by atoms with Crippen LogP contribution in [0.1, 0.15) is 47.3 Å². The van der Waals surface area contributed by atoms with Crippen molar-refractivity contribution in [2.24, 2.45) is 5.92 Å². The van der Waals surface area contributed by atoms with Crippen LogP contribution in [0.25, 0.3) is 6.08 Å². The quantitative estimate of drug-likeness (QED) is 0.543. The van der Waals surface area contributed by atoms with E-state index in [9.17, 15) is 0 Å². The summed E-state index contributed by atoms with van der Waals surface area (Å²) in [4.78, 5) is 0. The number of hydrogen-bond acceptors (Lipinski definition) is 1. The van der Waals surface area contributed by atoms with E-state index in [2.05, 4.69) is 97.9 Å². The highest BCUT2D eigenvalue weighted by Crippen LogP contribution is 2.62. The summed E-state index contributed by atoms with van der Waals surface area (Å²) in [5.41, 5.74) is 6.77. The minimum absolute atomic E-state index is 0.154. The van der Waals surface area contributed by atoms with E-state index in [0.29, 0.717) is 11.8 Å². The molecule has 0 N–H and O–H groups in total. The Morgan fingerprint density at radius 2 is 1.31 bits per heavy atom. The lowest BCUT2D eigenvalue weighted by Crippen LogP contribution is -2.21. The minimum Gasteiger partial charge on any atom is -0.364 e. The van der Waals surface area contributed by atoms with Gasteiger partial charge in [-0.25, -0.2) is 0 Å². The lowest BCUT2D eigenvalue weighted by Gasteiger charge is -2.31. The van der Waals surface area contributed by atoms with Crippen LogP contribution in [0, 0.1) is 5.92 Å². The summed E-state index contributed by atoms with van der Waals surface area (Å²) in [6.07, 6.45) is 2.64. The Bertz CT molecular complexity index is 942. The largest absolute Gasteiger partial charge is 0.364 e. The molecule has 0 radical (unpaired) electrons. The van der Waals surface area contributed by atoms with Crippen molar-refractivity contribution in [3.63, 3.8) is 0 Å². The molecule has 0 spiro atoms. The molecule has 1 nitrogen and oxygen atoms in total. The topological polar surface area (TPSA) is 9.23 Å². The molecule has 3 aromatic rings. The highest BCUT2D eigenvalue weighted by Gasteiger charge is 2.52. The molecular weight excluding hydrogens is 316 g/mol. The number of rotatable bonds is 3. The molecule has 4 atom stereocenters. The summed E-state index contributed by atoms with van der Waals surface area (Å²) >= 11 is 0. The second kappa shape index (κ2) is 6.26. The van der Waals surface area contributed by atoms with E-state index >= 15 is 0 Å². The van der Waals surface area contributed by atoms with E-state index in [1.807, 2.05) is 0 Å². The first kappa shape index (κ1) is 15.6. The highest BCUT2D eigenvalue weighted by atomic mass is 16.5. The fraction of sp³-hybridized carbons (Fsp3) is 0.200. The molecule has 0 aliphatic carbocycles. The van der Waals surface area contributed by atoms with E-state index in [1.54, 1.807) is 0 Å². The summed E-state index contributed by atoms with van der Waals surface area (Å²) in [6, 6.07) is 30.2.